The number of hydrogen-bond acceptors (Lipinski definition) is 9. The predicted octanol–water partition coefficient (Wildman–Crippen LogP) is 3.40. The topological polar surface area (TPSA) is 187 Å². The number of piperidine rings is 1. The van der Waals surface area contributed by atoms with Crippen LogP contribution in [-0.4, -0.2) is 129 Å². The van der Waals surface area contributed by atoms with E-state index in [9.17, 15) is 19.2 Å². The Hall–Kier alpha value is -6.53. The van der Waals surface area contributed by atoms with Gasteiger partial charge in [0.2, 0.25) is 5.91 Å². The Bertz CT molecular complexity index is 2460. The van der Waals surface area contributed by atoms with E-state index in [4.69, 9.17) is 21.5 Å². The fourth-order valence-electron chi connectivity index (χ4n) is 7.65. The van der Waals surface area contributed by atoms with Crippen molar-refractivity contribution < 1.29 is 42.3 Å². The zero-order chi connectivity index (χ0) is 44.7. The van der Waals surface area contributed by atoms with Gasteiger partial charge in [-0.05, 0) is 43.3 Å². The Morgan fingerprint density at radius 2 is 1.56 bits per heavy atom. The van der Waals surface area contributed by atoms with Crippen molar-refractivity contribution in [3.05, 3.63) is 107 Å². The molecule has 326 valence electrons. The summed E-state index contributed by atoms with van der Waals surface area (Å²) in [5.74, 6) is -3.33. The number of halogens is 3. The van der Waals surface area contributed by atoms with Gasteiger partial charge in [-0.1, -0.05) is 23.7 Å². The monoisotopic (exact) mass is 872 g/mol. The van der Waals surface area contributed by atoms with Gasteiger partial charge in [-0.3, -0.25) is 28.8 Å². The number of nitrogens with one attached hydrogen (secondary N) is 2. The fraction of sp³-hybridized carbons (Fsp3) is 0.349. The highest BCUT2D eigenvalue weighted by molar-refractivity contribution is 6.34. The number of carbonyl (C=O) groups is 5. The van der Waals surface area contributed by atoms with Gasteiger partial charge in [-0.25, -0.2) is 13.8 Å². The molecule has 62 heavy (non-hydrogen) atoms. The van der Waals surface area contributed by atoms with Crippen molar-refractivity contribution in [2.75, 3.05) is 65.2 Å². The number of benzene rings is 2. The van der Waals surface area contributed by atoms with Crippen LogP contribution in [0.15, 0.2) is 67.1 Å². The number of aromatic nitrogens is 5. The standard InChI is InChI=1S/C42H45ClF2N10O4.CH2O2/c1-26-32(24-49-54(26)16-15-47-39(56)34-7-5-6-14-46-34)29-10-11-31(37(45)36(29)44)35-25-48-38(51(35)2)40(57)50-28-8-9-30(33(43)23-28)42(59)53-19-17-52(18-20-53)41(58)27-12-21-55(3,4)22-13-27;2-1-3/h5-11,14,23-25,27H,12-13,15-22H2,1-4H3,(H-,47,50,56,57,59);1H,(H,2,3). The second-order valence-corrected chi connectivity index (χ2v) is 16.1. The number of amides is 4. The van der Waals surface area contributed by atoms with E-state index in [1.165, 1.54) is 54.5 Å². The Kier molecular flexibility index (Phi) is 14.1. The molecule has 7 rings (SSSR count). The van der Waals surface area contributed by atoms with E-state index < -0.39 is 24.0 Å². The van der Waals surface area contributed by atoms with Crippen molar-refractivity contribution in [2.45, 2.75) is 26.3 Å². The summed E-state index contributed by atoms with van der Waals surface area (Å²) in [5.41, 5.74) is 1.88. The van der Waals surface area contributed by atoms with Crippen LogP contribution in [-0.2, 0) is 23.2 Å². The van der Waals surface area contributed by atoms with E-state index in [-0.39, 0.29) is 69.1 Å². The number of likely N-dealkylation sites (tertiary alicyclic amines) is 1. The molecule has 0 spiro atoms. The lowest BCUT2D eigenvalue weighted by Crippen LogP contribution is -2.54. The first kappa shape index (κ1) is 45.0. The van der Waals surface area contributed by atoms with Gasteiger partial charge >= 0.3 is 0 Å². The second kappa shape index (κ2) is 19.5. The summed E-state index contributed by atoms with van der Waals surface area (Å²) in [6.07, 6.45) is 5.99. The van der Waals surface area contributed by atoms with Crippen LogP contribution in [0.3, 0.4) is 0 Å². The summed E-state index contributed by atoms with van der Waals surface area (Å²) in [6.45, 7) is 5.40. The molecule has 5 heterocycles. The van der Waals surface area contributed by atoms with Gasteiger partial charge in [0.25, 0.3) is 17.7 Å². The number of nitrogens with zero attached hydrogens (tertiary/aromatic N) is 8. The SMILES string of the molecule is Cc1c(-c2ccc(-c3cnc(C(=O)Nc4ccc(C(=O)N5CCN(C(=O)C6CC[N+](C)(C)CC6)CC5)c(Cl)c4)n3C)c(F)c2F)cnn1CCNC(=O)c1ccccn1.O=C[O-]. The smallest absolute Gasteiger partial charge is 0.291 e. The quantitative estimate of drug-likeness (QED) is 0.157. The molecule has 19 heteroatoms. The molecule has 2 fully saturated rings. The molecule has 16 nitrogen and oxygen atoms in total. The molecule has 2 N–H and O–H groups in total. The summed E-state index contributed by atoms with van der Waals surface area (Å²) in [5, 5.41) is 18.2. The third-order valence-electron chi connectivity index (χ3n) is 11.3. The van der Waals surface area contributed by atoms with Gasteiger partial charge < -0.3 is 39.4 Å². The molecule has 2 aromatic carbocycles. The van der Waals surface area contributed by atoms with Crippen LogP contribution in [0.4, 0.5) is 14.5 Å². The summed E-state index contributed by atoms with van der Waals surface area (Å²) in [7, 11) is 5.88. The third-order valence-corrected chi connectivity index (χ3v) is 11.6. The van der Waals surface area contributed by atoms with Gasteiger partial charge in [0.1, 0.15) is 5.69 Å². The predicted molar refractivity (Wildman–Crippen MR) is 224 cm³/mol. The van der Waals surface area contributed by atoms with Gasteiger partial charge in [-0.15, -0.1) is 0 Å². The number of hydrogen-bond donors (Lipinski definition) is 2. The molecule has 5 aromatic rings. The highest BCUT2D eigenvalue weighted by Gasteiger charge is 2.35. The van der Waals surface area contributed by atoms with Gasteiger partial charge in [0.15, 0.2) is 17.5 Å². The minimum absolute atomic E-state index is 0.00207. The average molecular weight is 873 g/mol. The number of pyridine rings is 1. The maximum atomic E-state index is 15.7. The molecular formula is C43H47ClF2N10O6. The highest BCUT2D eigenvalue weighted by Crippen LogP contribution is 2.33. The van der Waals surface area contributed by atoms with E-state index in [1.807, 2.05) is 4.90 Å². The van der Waals surface area contributed by atoms with Crippen molar-refractivity contribution in [3.8, 4) is 22.4 Å². The normalized spacial score (nSPS) is 15.0. The van der Waals surface area contributed by atoms with E-state index in [0.717, 1.165) is 30.4 Å². The van der Waals surface area contributed by atoms with Gasteiger partial charge in [-0.2, -0.15) is 5.10 Å². The zero-order valence-electron chi connectivity index (χ0n) is 34.7. The number of imidazole rings is 1. The molecule has 2 aliphatic heterocycles. The number of piperazine rings is 1. The average Bonchev–Trinajstić information content (AvgIpc) is 3.83. The van der Waals surface area contributed by atoms with Gasteiger partial charge in [0.05, 0.1) is 62.4 Å². The second-order valence-electron chi connectivity index (χ2n) is 15.7. The molecule has 0 unspecified atom stereocenters. The minimum Gasteiger partial charge on any atom is -0.554 e. The molecule has 0 bridgehead atoms. The Morgan fingerprint density at radius 3 is 2.23 bits per heavy atom. The van der Waals surface area contributed by atoms with Crippen LogP contribution in [0.25, 0.3) is 22.4 Å². The van der Waals surface area contributed by atoms with E-state index in [2.05, 4.69) is 39.8 Å². The molecular weight excluding hydrogens is 826 g/mol. The maximum absolute atomic E-state index is 15.7. The molecule has 0 aliphatic carbocycles. The molecule has 2 aliphatic rings. The molecule has 3 aromatic heterocycles. The first-order valence-electron chi connectivity index (χ1n) is 19.9. The number of anilines is 1. The largest absolute Gasteiger partial charge is 0.554 e. The Balaban J connectivity index is 0.00000208. The summed E-state index contributed by atoms with van der Waals surface area (Å²) < 4.78 is 35.3. The van der Waals surface area contributed by atoms with Crippen LogP contribution >= 0.6 is 11.6 Å². The van der Waals surface area contributed by atoms with Crippen LogP contribution in [0.5, 0.6) is 0 Å². The van der Waals surface area contributed by atoms with Crippen molar-refractivity contribution >= 4 is 47.4 Å². The highest BCUT2D eigenvalue weighted by atomic mass is 35.5. The molecule has 0 radical (unpaired) electrons. The summed E-state index contributed by atoms with van der Waals surface area (Å²) in [6, 6.07) is 12.4. The lowest BCUT2D eigenvalue weighted by molar-refractivity contribution is -0.895. The van der Waals surface area contributed by atoms with Crippen molar-refractivity contribution in [1.29, 1.82) is 0 Å². The zero-order valence-corrected chi connectivity index (χ0v) is 35.5. The first-order valence-corrected chi connectivity index (χ1v) is 20.3. The van der Waals surface area contributed by atoms with E-state index in [1.54, 1.807) is 40.8 Å². The summed E-state index contributed by atoms with van der Waals surface area (Å²) >= 11 is 6.56. The van der Waals surface area contributed by atoms with Crippen molar-refractivity contribution in [2.24, 2.45) is 13.0 Å². The number of carboxylic acid groups (broad SMARTS) is 1. The number of quaternary nitrogens is 1. The van der Waals surface area contributed by atoms with Crippen LogP contribution in [0, 0.1) is 24.5 Å². The maximum Gasteiger partial charge on any atom is 0.291 e. The van der Waals surface area contributed by atoms with Crippen LogP contribution < -0.4 is 15.7 Å². The first-order chi connectivity index (χ1) is 29.6. The van der Waals surface area contributed by atoms with Crippen molar-refractivity contribution in [1.82, 2.24) is 39.4 Å². The molecule has 0 atom stereocenters. The Morgan fingerprint density at radius 1 is 0.903 bits per heavy atom. The third kappa shape index (κ3) is 9.98. The fourth-order valence-corrected chi connectivity index (χ4v) is 7.91. The minimum atomic E-state index is -1.12. The number of carbonyl (C=O) groups excluding carboxylic acids is 5. The molecule has 4 amide bonds. The van der Waals surface area contributed by atoms with Gasteiger partial charge in [0, 0.05) is 99.3 Å². The van der Waals surface area contributed by atoms with Crippen molar-refractivity contribution in [3.63, 3.8) is 0 Å². The molecule has 2 saturated heterocycles. The lowest BCUT2D eigenvalue weighted by Gasteiger charge is -2.40. The Labute approximate surface area is 361 Å². The summed E-state index contributed by atoms with van der Waals surface area (Å²) in [4.78, 5) is 72.3. The van der Waals surface area contributed by atoms with E-state index in [0.29, 0.717) is 49.7 Å². The van der Waals surface area contributed by atoms with Crippen LogP contribution in [0.1, 0.15) is 50.0 Å². The van der Waals surface area contributed by atoms with E-state index >= 15 is 8.78 Å². The van der Waals surface area contributed by atoms with Crippen LogP contribution in [0.2, 0.25) is 5.02 Å². The lowest BCUT2D eigenvalue weighted by atomic mass is 9.94. The number of rotatable bonds is 10. The molecule has 0 saturated carbocycles.